The van der Waals surface area contributed by atoms with Crippen molar-refractivity contribution in [3.63, 3.8) is 0 Å². The molecule has 0 N–H and O–H groups in total. The van der Waals surface area contributed by atoms with Crippen molar-refractivity contribution >= 4 is 17.4 Å². The highest BCUT2D eigenvalue weighted by Gasteiger charge is 2.06. The molecule has 1 heterocycles. The highest BCUT2D eigenvalue weighted by molar-refractivity contribution is 7.82. The van der Waals surface area contributed by atoms with Crippen LogP contribution in [0.1, 0.15) is 12.8 Å². The lowest BCUT2D eigenvalue weighted by atomic mass is 10.4. The van der Waals surface area contributed by atoms with Gasteiger partial charge in [0.15, 0.2) is 0 Å². The molecule has 0 unspecified atom stereocenters. The molecule has 1 rings (SSSR count). The van der Waals surface area contributed by atoms with E-state index in [0.29, 0.717) is 7.47 Å². The van der Waals surface area contributed by atoms with Crippen LogP contribution in [0.3, 0.4) is 0 Å². The molecule has 0 aromatic rings. The summed E-state index contributed by atoms with van der Waals surface area (Å²) in [6.45, 7) is 0. The van der Waals surface area contributed by atoms with E-state index in [1.54, 1.807) is 25.2 Å². The third-order valence-electron chi connectivity index (χ3n) is 1.33. The van der Waals surface area contributed by atoms with Crippen LogP contribution in [0.4, 0.5) is 0 Å². The van der Waals surface area contributed by atoms with Crippen LogP contribution in [0.15, 0.2) is 0 Å². The summed E-state index contributed by atoms with van der Waals surface area (Å²) >= 11 is 0. The Bertz CT molecular complexity index is 40.8. The molecule has 6 heavy (non-hydrogen) atoms. The Labute approximate surface area is 43.3 Å². The minimum atomic E-state index is 0.674. The van der Waals surface area contributed by atoms with Gasteiger partial charge in [-0.25, -0.2) is 0 Å². The zero-order chi connectivity index (χ0) is 4.41. The van der Waals surface area contributed by atoms with Gasteiger partial charge in [-0.1, -0.05) is 0 Å². The fraction of sp³-hybridized carbons (Fsp3) is 1.00. The van der Waals surface area contributed by atoms with E-state index in [2.05, 4.69) is 0 Å². The van der Waals surface area contributed by atoms with E-state index in [9.17, 15) is 0 Å². The van der Waals surface area contributed by atoms with Crippen LogP contribution < -0.4 is 0 Å². The van der Waals surface area contributed by atoms with Gasteiger partial charge >= 0.3 is 0 Å². The molecule has 0 bridgehead atoms. The molecule has 0 aliphatic carbocycles. The fourth-order valence-electron chi connectivity index (χ4n) is 0.875. The SMILES string of the molecule is [SiH3]P1CCCC1. The minimum Gasteiger partial charge on any atom is -0.130 e. The van der Waals surface area contributed by atoms with Crippen LogP contribution in [-0.2, 0) is 0 Å². The Hall–Kier alpha value is 0.647. The number of hydrogen-bond acceptors (Lipinski definition) is 0. The van der Waals surface area contributed by atoms with Gasteiger partial charge in [-0.3, -0.25) is 0 Å². The summed E-state index contributed by atoms with van der Waals surface area (Å²) in [6.07, 6.45) is 6.33. The second-order valence-electron chi connectivity index (χ2n) is 2.01. The highest BCUT2D eigenvalue weighted by Crippen LogP contribution is 2.37. The molecule has 0 nitrogen and oxygen atoms in total. The lowest BCUT2D eigenvalue weighted by Crippen LogP contribution is -1.68. The predicted octanol–water partition coefficient (Wildman–Crippen LogP) is 0.542. The molecule has 1 aliphatic heterocycles. The molecule has 0 saturated carbocycles. The summed E-state index contributed by atoms with van der Waals surface area (Å²) in [4.78, 5) is 0. The van der Waals surface area contributed by atoms with Crippen molar-refractivity contribution in [2.24, 2.45) is 0 Å². The molecule has 1 saturated heterocycles. The lowest BCUT2D eigenvalue weighted by Gasteiger charge is -1.93. The van der Waals surface area contributed by atoms with E-state index in [-0.39, 0.29) is 0 Å². The quantitative estimate of drug-likeness (QED) is 0.322. The van der Waals surface area contributed by atoms with Crippen LogP contribution in [0.5, 0.6) is 0 Å². The maximum absolute atomic E-state index is 1.61. The smallest absolute Gasteiger partial charge is 0.0328 e. The lowest BCUT2D eigenvalue weighted by molar-refractivity contribution is 0.949. The van der Waals surface area contributed by atoms with Gasteiger partial charge in [-0.2, -0.15) is 0 Å². The summed E-state index contributed by atoms with van der Waals surface area (Å²) < 4.78 is 0. The molecule has 0 spiro atoms. The summed E-state index contributed by atoms with van der Waals surface area (Å²) in [5, 5.41) is 0. The molecule has 36 valence electrons. The number of hydrogen-bond donors (Lipinski definition) is 0. The van der Waals surface area contributed by atoms with E-state index < -0.39 is 0 Å². The van der Waals surface area contributed by atoms with Crippen molar-refractivity contribution in [3.05, 3.63) is 0 Å². The van der Waals surface area contributed by atoms with Crippen LogP contribution >= 0.6 is 7.47 Å². The van der Waals surface area contributed by atoms with Crippen LogP contribution in [0, 0.1) is 0 Å². The van der Waals surface area contributed by atoms with Crippen molar-refractivity contribution in [2.75, 3.05) is 12.3 Å². The Morgan fingerprint density at radius 3 is 1.83 bits per heavy atom. The Morgan fingerprint density at radius 2 is 1.67 bits per heavy atom. The molecule has 0 radical (unpaired) electrons. The van der Waals surface area contributed by atoms with Gasteiger partial charge in [0, 0.05) is 9.91 Å². The van der Waals surface area contributed by atoms with Crippen molar-refractivity contribution in [1.82, 2.24) is 0 Å². The maximum atomic E-state index is 1.61. The van der Waals surface area contributed by atoms with Crippen molar-refractivity contribution in [1.29, 1.82) is 0 Å². The third kappa shape index (κ3) is 1.06. The standard InChI is InChI=1S/C4H11PSi/c6-5-3-1-2-4-5/h1-4H2,6H3. The summed E-state index contributed by atoms with van der Waals surface area (Å²) in [7, 11) is 2.19. The summed E-state index contributed by atoms with van der Waals surface area (Å²) in [6, 6.07) is 0. The summed E-state index contributed by atoms with van der Waals surface area (Å²) in [5.74, 6) is 0. The van der Waals surface area contributed by atoms with Crippen LogP contribution in [-0.4, -0.2) is 22.2 Å². The van der Waals surface area contributed by atoms with Crippen LogP contribution in [0.2, 0.25) is 0 Å². The Kier molecular flexibility index (Phi) is 1.67. The van der Waals surface area contributed by atoms with E-state index in [1.807, 2.05) is 0 Å². The topological polar surface area (TPSA) is 0 Å². The average molecular weight is 118 g/mol. The minimum absolute atomic E-state index is 0.674. The van der Waals surface area contributed by atoms with E-state index in [4.69, 9.17) is 0 Å². The zero-order valence-electron chi connectivity index (χ0n) is 4.28. The molecular weight excluding hydrogens is 107 g/mol. The monoisotopic (exact) mass is 118 g/mol. The second kappa shape index (κ2) is 2.09. The molecule has 1 aliphatic rings. The first-order valence-electron chi connectivity index (χ1n) is 2.58. The van der Waals surface area contributed by atoms with Gasteiger partial charge < -0.3 is 0 Å². The molecule has 0 amide bonds. The largest absolute Gasteiger partial charge is 0.130 e. The first kappa shape index (κ1) is 4.80. The average Bonchev–Trinajstić information content (AvgIpc) is 1.86. The predicted molar refractivity (Wildman–Crippen MR) is 35.8 cm³/mol. The first-order valence-corrected chi connectivity index (χ1v) is 7.42. The van der Waals surface area contributed by atoms with Gasteiger partial charge in [0.25, 0.3) is 0 Å². The van der Waals surface area contributed by atoms with Gasteiger partial charge in [0.2, 0.25) is 0 Å². The first-order chi connectivity index (χ1) is 2.89. The van der Waals surface area contributed by atoms with Crippen molar-refractivity contribution in [3.8, 4) is 0 Å². The summed E-state index contributed by atoms with van der Waals surface area (Å²) in [5.41, 5.74) is 0. The van der Waals surface area contributed by atoms with E-state index in [1.165, 1.54) is 9.91 Å². The Morgan fingerprint density at radius 1 is 1.17 bits per heavy atom. The number of rotatable bonds is 0. The van der Waals surface area contributed by atoms with Gasteiger partial charge in [-0.05, 0) is 25.2 Å². The van der Waals surface area contributed by atoms with E-state index >= 15 is 0 Å². The maximum Gasteiger partial charge on any atom is 0.0328 e. The van der Waals surface area contributed by atoms with Gasteiger partial charge in [0.1, 0.15) is 0 Å². The molecular formula is C4H11PSi. The van der Waals surface area contributed by atoms with Crippen LogP contribution in [0.25, 0.3) is 0 Å². The third-order valence-corrected chi connectivity index (χ3v) is 6.17. The second-order valence-corrected chi connectivity index (χ2v) is 8.41. The molecule has 2 heteroatoms. The van der Waals surface area contributed by atoms with Crippen molar-refractivity contribution in [2.45, 2.75) is 12.8 Å². The fourth-order valence-corrected chi connectivity index (χ4v) is 4.52. The molecule has 0 aromatic heterocycles. The van der Waals surface area contributed by atoms with Gasteiger partial charge in [-0.15, -0.1) is 7.47 Å². The van der Waals surface area contributed by atoms with Gasteiger partial charge in [0.05, 0.1) is 0 Å². The zero-order valence-corrected chi connectivity index (χ0v) is 7.17. The molecule has 0 aromatic carbocycles. The Balaban J connectivity index is 2.18. The van der Waals surface area contributed by atoms with Crippen molar-refractivity contribution < 1.29 is 0 Å². The highest BCUT2D eigenvalue weighted by atomic mass is 31.4. The molecule has 0 atom stereocenters. The molecule has 1 fully saturated rings. The normalized spacial score (nSPS) is 26.0. The van der Waals surface area contributed by atoms with E-state index in [0.717, 1.165) is 0 Å².